The summed E-state index contributed by atoms with van der Waals surface area (Å²) in [6, 6.07) is 8.02. The van der Waals surface area contributed by atoms with Crippen LogP contribution in [0.1, 0.15) is 0 Å². The minimum absolute atomic E-state index is 0.637. The van der Waals surface area contributed by atoms with Crippen LogP contribution >= 0.6 is 0 Å². The molecule has 0 aliphatic heterocycles. The molecule has 6 heteroatoms. The zero-order chi connectivity index (χ0) is 13.6. The molecule has 6 nitrogen and oxygen atoms in total. The Bertz CT molecular complexity index is 631. The van der Waals surface area contributed by atoms with Crippen molar-refractivity contribution in [1.29, 1.82) is 0 Å². The third-order valence-corrected chi connectivity index (χ3v) is 2.61. The van der Waals surface area contributed by atoms with Crippen LogP contribution < -0.4 is 0 Å². The Morgan fingerprint density at radius 2 is 1.40 bits per heavy atom. The van der Waals surface area contributed by atoms with Gasteiger partial charge in [-0.1, -0.05) is 24.3 Å². The van der Waals surface area contributed by atoms with Gasteiger partial charge in [-0.2, -0.15) is 10.2 Å². The number of nitrogens with zero attached hydrogens (tertiary/aromatic N) is 6. The van der Waals surface area contributed by atoms with E-state index in [0.717, 1.165) is 16.3 Å². The number of benzene rings is 1. The standard InChI is InChI=1S/C8H6N2.C6H4N4/c1-2-4-8-6-10-9-5-7(8)3-1;1-2-9-6-5(8-1)3-7-4-10-6/h1-6H;1-4H. The minimum atomic E-state index is 0.637. The van der Waals surface area contributed by atoms with Gasteiger partial charge in [0.2, 0.25) is 0 Å². The monoisotopic (exact) mass is 262 g/mol. The summed E-state index contributed by atoms with van der Waals surface area (Å²) in [6.45, 7) is 0. The Morgan fingerprint density at radius 3 is 2.10 bits per heavy atom. The number of hydrogen-bond donors (Lipinski definition) is 0. The van der Waals surface area contributed by atoms with Crippen LogP contribution in [0, 0.1) is 0 Å². The van der Waals surface area contributed by atoms with Crippen LogP contribution in [-0.2, 0) is 0 Å². The second-order valence-corrected chi connectivity index (χ2v) is 3.91. The minimum Gasteiger partial charge on any atom is -0.250 e. The molecular formula is C14H10N6. The van der Waals surface area contributed by atoms with Crippen molar-refractivity contribution in [3.63, 3.8) is 0 Å². The normalized spacial score (nSPS) is 10.0. The zero-order valence-corrected chi connectivity index (χ0v) is 10.5. The van der Waals surface area contributed by atoms with Gasteiger partial charge in [-0.15, -0.1) is 0 Å². The van der Waals surface area contributed by atoms with Crippen LogP contribution in [0.25, 0.3) is 21.9 Å². The van der Waals surface area contributed by atoms with Crippen LogP contribution in [0.2, 0.25) is 0 Å². The molecule has 0 bridgehead atoms. The first kappa shape index (κ1) is 12.0. The topological polar surface area (TPSA) is 77.3 Å². The van der Waals surface area contributed by atoms with E-state index in [1.807, 2.05) is 24.3 Å². The molecule has 1 aromatic carbocycles. The molecule has 0 aliphatic carbocycles. The van der Waals surface area contributed by atoms with Gasteiger partial charge in [0.25, 0.3) is 0 Å². The highest BCUT2D eigenvalue weighted by Gasteiger charge is 1.91. The van der Waals surface area contributed by atoms with E-state index in [1.54, 1.807) is 31.0 Å². The molecule has 20 heavy (non-hydrogen) atoms. The predicted octanol–water partition coefficient (Wildman–Crippen LogP) is 2.05. The lowest BCUT2D eigenvalue weighted by Gasteiger charge is -1.90. The first-order valence-corrected chi connectivity index (χ1v) is 5.95. The third kappa shape index (κ3) is 2.69. The molecule has 0 fully saturated rings. The van der Waals surface area contributed by atoms with Crippen molar-refractivity contribution in [2.45, 2.75) is 0 Å². The van der Waals surface area contributed by atoms with Crippen molar-refractivity contribution in [3.05, 3.63) is 61.6 Å². The van der Waals surface area contributed by atoms with Crippen LogP contribution in [0.4, 0.5) is 0 Å². The molecule has 0 unspecified atom stereocenters. The van der Waals surface area contributed by atoms with Gasteiger partial charge in [-0.25, -0.2) is 19.9 Å². The van der Waals surface area contributed by atoms with Gasteiger partial charge >= 0.3 is 0 Å². The van der Waals surface area contributed by atoms with E-state index in [1.165, 1.54) is 6.33 Å². The molecule has 0 aliphatic rings. The van der Waals surface area contributed by atoms with Gasteiger partial charge in [-0.05, 0) is 0 Å². The quantitative estimate of drug-likeness (QED) is 0.482. The molecule has 96 valence electrons. The molecule has 4 aromatic rings. The Hall–Kier alpha value is -3.02. The van der Waals surface area contributed by atoms with Gasteiger partial charge in [-0.3, -0.25) is 0 Å². The lowest BCUT2D eigenvalue weighted by molar-refractivity contribution is 1.05. The molecule has 3 heterocycles. The van der Waals surface area contributed by atoms with Crippen molar-refractivity contribution in [1.82, 2.24) is 30.1 Å². The highest BCUT2D eigenvalue weighted by atomic mass is 15.1. The average molecular weight is 262 g/mol. The molecule has 0 atom stereocenters. The maximum Gasteiger partial charge on any atom is 0.181 e. The van der Waals surface area contributed by atoms with E-state index in [9.17, 15) is 0 Å². The van der Waals surface area contributed by atoms with Gasteiger partial charge in [0.05, 0.1) is 18.6 Å². The van der Waals surface area contributed by atoms with Crippen LogP contribution in [0.15, 0.2) is 61.6 Å². The summed E-state index contributed by atoms with van der Waals surface area (Å²) in [7, 11) is 0. The predicted molar refractivity (Wildman–Crippen MR) is 74.7 cm³/mol. The lowest BCUT2D eigenvalue weighted by atomic mass is 10.2. The number of rotatable bonds is 0. The van der Waals surface area contributed by atoms with E-state index >= 15 is 0 Å². The number of aromatic nitrogens is 6. The fraction of sp³-hybridized carbons (Fsp3) is 0. The highest BCUT2D eigenvalue weighted by Crippen LogP contribution is 2.08. The first-order valence-electron chi connectivity index (χ1n) is 5.95. The van der Waals surface area contributed by atoms with E-state index < -0.39 is 0 Å². The molecular weight excluding hydrogens is 252 g/mol. The van der Waals surface area contributed by atoms with E-state index in [0.29, 0.717) is 5.65 Å². The Labute approximate surface area is 114 Å². The molecule has 0 radical (unpaired) electrons. The first-order chi connectivity index (χ1) is 9.93. The maximum atomic E-state index is 3.99. The van der Waals surface area contributed by atoms with E-state index in [2.05, 4.69) is 30.1 Å². The van der Waals surface area contributed by atoms with Crippen molar-refractivity contribution in [3.8, 4) is 0 Å². The second kappa shape index (κ2) is 5.75. The van der Waals surface area contributed by atoms with Crippen molar-refractivity contribution < 1.29 is 0 Å². The fourth-order valence-electron chi connectivity index (χ4n) is 1.66. The fourth-order valence-corrected chi connectivity index (χ4v) is 1.66. The van der Waals surface area contributed by atoms with Gasteiger partial charge in [0.1, 0.15) is 11.8 Å². The number of hydrogen-bond acceptors (Lipinski definition) is 6. The average Bonchev–Trinajstić information content (AvgIpc) is 2.56. The van der Waals surface area contributed by atoms with Gasteiger partial charge in [0.15, 0.2) is 5.65 Å². The summed E-state index contributed by atoms with van der Waals surface area (Å²) >= 11 is 0. The van der Waals surface area contributed by atoms with Crippen LogP contribution in [-0.4, -0.2) is 30.1 Å². The SMILES string of the molecule is c1ccc2cnncc2c1.c1cnc2ncncc2n1. The highest BCUT2D eigenvalue weighted by molar-refractivity contribution is 5.80. The summed E-state index contributed by atoms with van der Waals surface area (Å²) in [5.74, 6) is 0. The maximum absolute atomic E-state index is 3.99. The molecule has 3 aromatic heterocycles. The van der Waals surface area contributed by atoms with Crippen LogP contribution in [0.5, 0.6) is 0 Å². The molecule has 0 amide bonds. The molecule has 0 spiro atoms. The molecule has 0 saturated carbocycles. The summed E-state index contributed by atoms with van der Waals surface area (Å²) in [4.78, 5) is 15.7. The largest absolute Gasteiger partial charge is 0.250 e. The van der Waals surface area contributed by atoms with Crippen LogP contribution in [0.3, 0.4) is 0 Å². The number of fused-ring (bicyclic) bond motifs is 2. The van der Waals surface area contributed by atoms with Crippen molar-refractivity contribution >= 4 is 21.9 Å². The summed E-state index contributed by atoms with van der Waals surface area (Å²) in [5, 5.41) is 9.80. The second-order valence-electron chi connectivity index (χ2n) is 3.91. The van der Waals surface area contributed by atoms with Gasteiger partial charge in [0, 0.05) is 23.2 Å². The summed E-state index contributed by atoms with van der Waals surface area (Å²) < 4.78 is 0. The smallest absolute Gasteiger partial charge is 0.181 e. The van der Waals surface area contributed by atoms with E-state index in [-0.39, 0.29) is 0 Å². The molecule has 0 saturated heterocycles. The lowest BCUT2D eigenvalue weighted by Crippen LogP contribution is -1.85. The summed E-state index contributed by atoms with van der Waals surface area (Å²) in [6.07, 6.45) is 9.83. The van der Waals surface area contributed by atoms with Crippen molar-refractivity contribution in [2.75, 3.05) is 0 Å². The Morgan fingerprint density at radius 1 is 0.700 bits per heavy atom. The zero-order valence-electron chi connectivity index (χ0n) is 10.5. The Kier molecular flexibility index (Phi) is 3.46. The van der Waals surface area contributed by atoms with Crippen molar-refractivity contribution in [2.24, 2.45) is 0 Å². The Balaban J connectivity index is 0.000000121. The molecule has 0 N–H and O–H groups in total. The van der Waals surface area contributed by atoms with E-state index in [4.69, 9.17) is 0 Å². The molecule has 4 rings (SSSR count). The van der Waals surface area contributed by atoms with Gasteiger partial charge < -0.3 is 0 Å². The third-order valence-electron chi connectivity index (χ3n) is 2.61. The summed E-state index contributed by atoms with van der Waals surface area (Å²) in [5.41, 5.74) is 1.36.